The first-order valence-electron chi connectivity index (χ1n) is 9.71. The molecule has 0 aliphatic carbocycles. The highest BCUT2D eigenvalue weighted by atomic mass is 19.1. The molecular weight excluding hydrogens is 355 g/mol. The predicted octanol–water partition coefficient (Wildman–Crippen LogP) is 4.34. The minimum atomic E-state index is -0.233. The van der Waals surface area contributed by atoms with Gasteiger partial charge >= 0.3 is 0 Å². The number of ether oxygens (including phenoxy) is 2. The summed E-state index contributed by atoms with van der Waals surface area (Å²) in [7, 11) is 0. The Balaban J connectivity index is 1.26. The van der Waals surface area contributed by atoms with Gasteiger partial charge in [-0.25, -0.2) is 4.39 Å². The highest BCUT2D eigenvalue weighted by Crippen LogP contribution is 2.24. The first kappa shape index (κ1) is 18.6. The molecule has 2 aromatic rings. The van der Waals surface area contributed by atoms with E-state index in [1.54, 1.807) is 12.1 Å². The monoisotopic (exact) mass is 380 g/mol. The van der Waals surface area contributed by atoms with Crippen LogP contribution in [0.25, 0.3) is 0 Å². The highest BCUT2D eigenvalue weighted by molar-refractivity contribution is 5.53. The van der Waals surface area contributed by atoms with Crippen molar-refractivity contribution in [2.45, 2.75) is 19.6 Å². The van der Waals surface area contributed by atoms with Crippen LogP contribution >= 0.6 is 0 Å². The Kier molecular flexibility index (Phi) is 5.63. The van der Waals surface area contributed by atoms with Crippen molar-refractivity contribution in [3.8, 4) is 5.75 Å². The minimum absolute atomic E-state index is 0.233. The van der Waals surface area contributed by atoms with Gasteiger partial charge in [0.1, 0.15) is 30.0 Å². The van der Waals surface area contributed by atoms with Gasteiger partial charge in [0.15, 0.2) is 0 Å². The number of halogens is 1. The molecule has 0 amide bonds. The van der Waals surface area contributed by atoms with Gasteiger partial charge in [0.05, 0.1) is 0 Å². The summed E-state index contributed by atoms with van der Waals surface area (Å²) in [5.41, 5.74) is 2.06. The maximum atomic E-state index is 12.9. The Labute approximate surface area is 165 Å². The number of benzene rings is 2. The van der Waals surface area contributed by atoms with E-state index >= 15 is 0 Å². The Bertz CT molecular complexity index is 840. The zero-order valence-corrected chi connectivity index (χ0v) is 16.1. The lowest BCUT2D eigenvalue weighted by Gasteiger charge is -2.38. The molecule has 2 aliphatic rings. The molecule has 146 valence electrons. The van der Waals surface area contributed by atoms with Crippen molar-refractivity contribution in [1.82, 2.24) is 4.90 Å². The molecule has 0 saturated carbocycles. The largest absolute Gasteiger partial charge is 0.489 e. The number of rotatable bonds is 7. The molecule has 2 heterocycles. The van der Waals surface area contributed by atoms with Crippen LogP contribution in [0.2, 0.25) is 0 Å². The van der Waals surface area contributed by atoms with Crippen LogP contribution in [-0.2, 0) is 11.3 Å². The molecule has 1 fully saturated rings. The van der Waals surface area contributed by atoms with Gasteiger partial charge in [-0.05, 0) is 60.7 Å². The van der Waals surface area contributed by atoms with Gasteiger partial charge in [0.25, 0.3) is 0 Å². The van der Waals surface area contributed by atoms with E-state index in [-0.39, 0.29) is 5.82 Å². The lowest BCUT2D eigenvalue weighted by molar-refractivity contribution is 0.0238. The Morgan fingerprint density at radius 3 is 2.43 bits per heavy atom. The standard InChI is InChI=1S/C23H25FN2O2/c1-2-25-15-23(16-25)28-22-9-7-20(8-10-22)26-13-11-21(12-14-26)27-17-18-3-5-19(24)6-4-18/h3-13,23H,2,14-17H2,1H3. The Morgan fingerprint density at radius 2 is 1.79 bits per heavy atom. The number of allylic oxidation sites excluding steroid dienone is 1. The van der Waals surface area contributed by atoms with Gasteiger partial charge in [0, 0.05) is 31.5 Å². The average molecular weight is 380 g/mol. The number of likely N-dealkylation sites (N-methyl/N-ethyl adjacent to an activating group) is 1. The normalized spacial score (nSPS) is 17.2. The second-order valence-corrected chi connectivity index (χ2v) is 7.08. The summed E-state index contributed by atoms with van der Waals surface area (Å²) in [6, 6.07) is 14.6. The number of likely N-dealkylation sites (tertiary alicyclic amines) is 1. The fourth-order valence-corrected chi connectivity index (χ4v) is 3.29. The van der Waals surface area contributed by atoms with Crippen molar-refractivity contribution in [2.24, 2.45) is 0 Å². The van der Waals surface area contributed by atoms with Crippen molar-refractivity contribution >= 4 is 5.69 Å². The Morgan fingerprint density at radius 1 is 1.04 bits per heavy atom. The lowest BCUT2D eigenvalue weighted by Crippen LogP contribution is -2.53. The van der Waals surface area contributed by atoms with Crippen molar-refractivity contribution in [1.29, 1.82) is 0 Å². The smallest absolute Gasteiger partial charge is 0.124 e. The topological polar surface area (TPSA) is 24.9 Å². The summed E-state index contributed by atoms with van der Waals surface area (Å²) < 4.78 is 24.7. The summed E-state index contributed by atoms with van der Waals surface area (Å²) in [5.74, 6) is 1.51. The van der Waals surface area contributed by atoms with Crippen LogP contribution in [-0.4, -0.2) is 37.2 Å². The predicted molar refractivity (Wildman–Crippen MR) is 109 cm³/mol. The van der Waals surface area contributed by atoms with Gasteiger partial charge in [-0.2, -0.15) is 0 Å². The van der Waals surface area contributed by atoms with E-state index in [2.05, 4.69) is 28.9 Å². The van der Waals surface area contributed by atoms with Crippen LogP contribution < -0.4 is 9.64 Å². The molecule has 0 bridgehead atoms. The quantitative estimate of drug-likeness (QED) is 0.713. The zero-order chi connectivity index (χ0) is 19.3. The summed E-state index contributed by atoms with van der Waals surface area (Å²) in [6.45, 7) is 6.45. The lowest BCUT2D eigenvalue weighted by atomic mass is 10.1. The highest BCUT2D eigenvalue weighted by Gasteiger charge is 2.26. The van der Waals surface area contributed by atoms with Crippen molar-refractivity contribution in [3.63, 3.8) is 0 Å². The van der Waals surface area contributed by atoms with Gasteiger partial charge in [0.2, 0.25) is 0 Å². The number of anilines is 1. The first-order valence-corrected chi connectivity index (χ1v) is 9.71. The van der Waals surface area contributed by atoms with Gasteiger partial charge in [-0.3, -0.25) is 4.90 Å². The summed E-state index contributed by atoms with van der Waals surface area (Å²) >= 11 is 0. The van der Waals surface area contributed by atoms with Crippen molar-refractivity contribution < 1.29 is 13.9 Å². The van der Waals surface area contributed by atoms with E-state index in [0.717, 1.165) is 48.9 Å². The maximum Gasteiger partial charge on any atom is 0.124 e. The van der Waals surface area contributed by atoms with Crippen LogP contribution in [0.4, 0.5) is 10.1 Å². The number of hydrogen-bond donors (Lipinski definition) is 0. The molecule has 1 saturated heterocycles. The Hall–Kier alpha value is -2.79. The van der Waals surface area contributed by atoms with Crippen LogP contribution in [0.15, 0.2) is 72.6 Å². The van der Waals surface area contributed by atoms with E-state index in [0.29, 0.717) is 12.7 Å². The molecule has 0 radical (unpaired) electrons. The van der Waals surface area contributed by atoms with Crippen molar-refractivity contribution in [2.75, 3.05) is 31.1 Å². The molecule has 0 spiro atoms. The van der Waals surface area contributed by atoms with E-state index in [9.17, 15) is 4.39 Å². The molecule has 5 heteroatoms. The molecule has 2 aliphatic heterocycles. The summed E-state index contributed by atoms with van der Waals surface area (Å²) in [6.07, 6.45) is 6.32. The van der Waals surface area contributed by atoms with E-state index in [1.165, 1.54) is 12.1 Å². The van der Waals surface area contributed by atoms with Crippen LogP contribution in [0.3, 0.4) is 0 Å². The molecule has 0 aromatic heterocycles. The zero-order valence-electron chi connectivity index (χ0n) is 16.1. The first-order chi connectivity index (χ1) is 13.7. The molecule has 2 aromatic carbocycles. The molecule has 0 unspecified atom stereocenters. The fourth-order valence-electron chi connectivity index (χ4n) is 3.29. The molecular formula is C23H25FN2O2. The number of hydrogen-bond acceptors (Lipinski definition) is 4. The van der Waals surface area contributed by atoms with Crippen LogP contribution in [0.5, 0.6) is 5.75 Å². The second-order valence-electron chi connectivity index (χ2n) is 7.08. The molecule has 28 heavy (non-hydrogen) atoms. The second kappa shape index (κ2) is 8.48. The number of nitrogens with zero attached hydrogens (tertiary/aromatic N) is 2. The van der Waals surface area contributed by atoms with Gasteiger partial charge < -0.3 is 14.4 Å². The molecule has 0 atom stereocenters. The minimum Gasteiger partial charge on any atom is -0.489 e. The average Bonchev–Trinajstić information content (AvgIpc) is 2.71. The third-order valence-corrected chi connectivity index (χ3v) is 5.07. The van der Waals surface area contributed by atoms with Crippen molar-refractivity contribution in [3.05, 3.63) is 84.0 Å². The van der Waals surface area contributed by atoms with E-state index in [4.69, 9.17) is 9.47 Å². The third kappa shape index (κ3) is 4.54. The van der Waals surface area contributed by atoms with E-state index < -0.39 is 0 Å². The molecule has 4 nitrogen and oxygen atoms in total. The maximum absolute atomic E-state index is 12.9. The fraction of sp³-hybridized carbons (Fsp3) is 0.304. The third-order valence-electron chi connectivity index (χ3n) is 5.07. The summed E-state index contributed by atoms with van der Waals surface area (Å²) in [5, 5.41) is 0. The van der Waals surface area contributed by atoms with Gasteiger partial charge in [-0.15, -0.1) is 0 Å². The molecule has 0 N–H and O–H groups in total. The SMILES string of the molecule is CCN1CC(Oc2ccc(N3C=CC(OCc4ccc(F)cc4)=CC3)cc2)C1. The van der Waals surface area contributed by atoms with Crippen LogP contribution in [0, 0.1) is 5.82 Å². The summed E-state index contributed by atoms with van der Waals surface area (Å²) in [4.78, 5) is 4.51. The van der Waals surface area contributed by atoms with Crippen LogP contribution in [0.1, 0.15) is 12.5 Å². The molecule has 4 rings (SSSR count). The van der Waals surface area contributed by atoms with E-state index in [1.807, 2.05) is 30.5 Å². The van der Waals surface area contributed by atoms with Gasteiger partial charge in [-0.1, -0.05) is 19.1 Å².